The fourth-order valence-electron chi connectivity index (χ4n) is 2.33. The van der Waals surface area contributed by atoms with Crippen molar-refractivity contribution in [2.45, 2.75) is 11.8 Å². The van der Waals surface area contributed by atoms with Gasteiger partial charge in [0.25, 0.3) is 15.9 Å². The van der Waals surface area contributed by atoms with Gasteiger partial charge in [-0.2, -0.15) is 0 Å². The van der Waals surface area contributed by atoms with Crippen LogP contribution < -0.4 is 9.46 Å². The molecule has 0 bridgehead atoms. The molecule has 7 nitrogen and oxygen atoms in total. The van der Waals surface area contributed by atoms with E-state index in [1.807, 2.05) is 0 Å². The van der Waals surface area contributed by atoms with Gasteiger partial charge in [-0.15, -0.1) is 0 Å². The van der Waals surface area contributed by atoms with Gasteiger partial charge in [0.2, 0.25) is 11.5 Å². The molecule has 0 spiro atoms. The zero-order chi connectivity index (χ0) is 20.5. The molecule has 1 aromatic heterocycles. The second-order valence-corrected chi connectivity index (χ2v) is 7.67. The highest BCUT2D eigenvalue weighted by Crippen LogP contribution is 2.47. The molecule has 3 rings (SSSR count). The molecule has 0 radical (unpaired) electrons. The molecular weight excluding hydrogens is 413 g/mol. The summed E-state index contributed by atoms with van der Waals surface area (Å²) in [6.45, 7) is 1.07. The van der Waals surface area contributed by atoms with Gasteiger partial charge in [0.05, 0.1) is 9.92 Å². The maximum Gasteiger partial charge on any atom is 0.308 e. The number of nitrogens with one attached hydrogen (secondary N) is 1. The van der Waals surface area contributed by atoms with E-state index >= 15 is 0 Å². The average molecular weight is 426 g/mol. The summed E-state index contributed by atoms with van der Waals surface area (Å²) in [5.74, 6) is -3.47. The number of sulfonamides is 1. The van der Waals surface area contributed by atoms with Crippen LogP contribution in [0.1, 0.15) is 6.92 Å². The van der Waals surface area contributed by atoms with Gasteiger partial charge in [-0.3, -0.25) is 4.79 Å². The van der Waals surface area contributed by atoms with E-state index in [0.717, 1.165) is 13.0 Å². The van der Waals surface area contributed by atoms with Crippen molar-refractivity contribution in [3.05, 3.63) is 59.4 Å². The molecule has 2 aromatic carbocycles. The van der Waals surface area contributed by atoms with Crippen LogP contribution in [-0.4, -0.2) is 19.5 Å². The van der Waals surface area contributed by atoms with Gasteiger partial charge in [-0.25, -0.2) is 17.5 Å². The Hall–Kier alpha value is -3.04. The van der Waals surface area contributed by atoms with Crippen LogP contribution in [0.25, 0.3) is 11.3 Å². The van der Waals surface area contributed by atoms with Crippen molar-refractivity contribution in [2.24, 2.45) is 0 Å². The fraction of sp³-hybridized carbons (Fsp3) is 0.0556. The lowest BCUT2D eigenvalue weighted by molar-refractivity contribution is -0.131. The van der Waals surface area contributed by atoms with Crippen LogP contribution in [0.5, 0.6) is 11.5 Å². The SMILES string of the molecule is CC(=O)Oc1c(NS(=O)(=O)c2ccccc2)oc(-c2ccc(F)c(Cl)c2)c1O. The molecule has 0 unspecified atom stereocenters. The Morgan fingerprint density at radius 3 is 2.50 bits per heavy atom. The van der Waals surface area contributed by atoms with Gasteiger partial charge in [0.15, 0.2) is 5.76 Å². The highest BCUT2D eigenvalue weighted by atomic mass is 35.5. The summed E-state index contributed by atoms with van der Waals surface area (Å²) in [5.41, 5.74) is 0.141. The van der Waals surface area contributed by atoms with E-state index in [1.54, 1.807) is 6.07 Å². The Labute approximate surface area is 164 Å². The van der Waals surface area contributed by atoms with Crippen LogP contribution in [0.3, 0.4) is 0 Å². The molecule has 3 aromatic rings. The molecule has 0 atom stereocenters. The van der Waals surface area contributed by atoms with Gasteiger partial charge in [0, 0.05) is 12.5 Å². The number of hydrogen-bond acceptors (Lipinski definition) is 6. The number of ether oxygens (including phenoxy) is 1. The van der Waals surface area contributed by atoms with Crippen LogP contribution in [0, 0.1) is 5.82 Å². The molecule has 0 amide bonds. The monoisotopic (exact) mass is 425 g/mol. The topological polar surface area (TPSA) is 106 Å². The number of rotatable bonds is 5. The number of anilines is 1. The smallest absolute Gasteiger partial charge is 0.308 e. The number of aromatic hydroxyl groups is 1. The number of hydrogen-bond donors (Lipinski definition) is 2. The Balaban J connectivity index is 2.10. The second kappa shape index (κ2) is 7.53. The van der Waals surface area contributed by atoms with E-state index in [2.05, 4.69) is 4.72 Å². The maximum absolute atomic E-state index is 13.4. The zero-order valence-corrected chi connectivity index (χ0v) is 15.8. The lowest BCUT2D eigenvalue weighted by atomic mass is 10.1. The third-order valence-corrected chi connectivity index (χ3v) is 5.19. The van der Waals surface area contributed by atoms with Crippen molar-refractivity contribution in [3.8, 4) is 22.8 Å². The van der Waals surface area contributed by atoms with Crippen LogP contribution in [0.2, 0.25) is 5.02 Å². The third kappa shape index (κ3) is 3.95. The Morgan fingerprint density at radius 2 is 1.89 bits per heavy atom. The van der Waals surface area contributed by atoms with Crippen molar-refractivity contribution < 1.29 is 31.9 Å². The van der Waals surface area contributed by atoms with Crippen LogP contribution >= 0.6 is 11.6 Å². The minimum atomic E-state index is -4.10. The van der Waals surface area contributed by atoms with E-state index in [9.17, 15) is 22.7 Å². The molecule has 0 aliphatic carbocycles. The standard InChI is InChI=1S/C18H13ClFNO6S/c1-10(22)26-17-15(23)16(11-7-8-14(20)13(19)9-11)27-18(17)21-28(24,25)12-5-3-2-4-6-12/h2-9,21,23H,1H3. The molecule has 0 saturated heterocycles. The summed E-state index contributed by atoms with van der Waals surface area (Å²) in [4.78, 5) is 11.3. The minimum absolute atomic E-state index is 0.0777. The minimum Gasteiger partial charge on any atom is -0.502 e. The van der Waals surface area contributed by atoms with Crippen molar-refractivity contribution in [1.82, 2.24) is 0 Å². The first-order valence-electron chi connectivity index (χ1n) is 7.76. The largest absolute Gasteiger partial charge is 0.502 e. The molecule has 1 heterocycles. The number of halogens is 2. The Morgan fingerprint density at radius 1 is 1.21 bits per heavy atom. The number of esters is 1. The predicted molar refractivity (Wildman–Crippen MR) is 99.3 cm³/mol. The molecular formula is C18H13ClFNO6S. The quantitative estimate of drug-likeness (QED) is 0.594. The lowest BCUT2D eigenvalue weighted by Gasteiger charge is -2.07. The first-order chi connectivity index (χ1) is 13.2. The fourth-order valence-corrected chi connectivity index (χ4v) is 3.52. The highest BCUT2D eigenvalue weighted by molar-refractivity contribution is 7.92. The Kier molecular flexibility index (Phi) is 5.30. The number of carbonyl (C=O) groups is 1. The van der Waals surface area contributed by atoms with E-state index < -0.39 is 39.2 Å². The number of benzene rings is 2. The summed E-state index contributed by atoms with van der Waals surface area (Å²) in [5, 5.41) is 10.2. The summed E-state index contributed by atoms with van der Waals surface area (Å²) in [6.07, 6.45) is 0. The van der Waals surface area contributed by atoms with Crippen molar-refractivity contribution in [2.75, 3.05) is 4.72 Å². The van der Waals surface area contributed by atoms with Crippen LogP contribution in [0.4, 0.5) is 10.3 Å². The first-order valence-corrected chi connectivity index (χ1v) is 9.62. The average Bonchev–Trinajstić information content (AvgIpc) is 2.93. The summed E-state index contributed by atoms with van der Waals surface area (Å²) < 4.78 is 50.9. The van der Waals surface area contributed by atoms with Gasteiger partial charge in [0.1, 0.15) is 5.82 Å². The lowest BCUT2D eigenvalue weighted by Crippen LogP contribution is -2.13. The van der Waals surface area contributed by atoms with Crippen molar-refractivity contribution >= 4 is 33.5 Å². The first kappa shape index (κ1) is 19.7. The van der Waals surface area contributed by atoms with E-state index in [-0.39, 0.29) is 21.2 Å². The molecule has 2 N–H and O–H groups in total. The van der Waals surface area contributed by atoms with E-state index in [0.29, 0.717) is 0 Å². The Bertz CT molecular complexity index is 1140. The summed E-state index contributed by atoms with van der Waals surface area (Å²) in [7, 11) is -4.10. The summed E-state index contributed by atoms with van der Waals surface area (Å²) in [6, 6.07) is 10.8. The molecule has 0 saturated carbocycles. The van der Waals surface area contributed by atoms with Gasteiger partial charge >= 0.3 is 5.97 Å². The highest BCUT2D eigenvalue weighted by Gasteiger charge is 2.28. The molecule has 0 fully saturated rings. The zero-order valence-electron chi connectivity index (χ0n) is 14.3. The van der Waals surface area contributed by atoms with Gasteiger partial charge in [-0.05, 0) is 30.3 Å². The number of carbonyl (C=O) groups excluding carboxylic acids is 1. The molecule has 28 heavy (non-hydrogen) atoms. The van der Waals surface area contributed by atoms with Gasteiger partial charge in [-0.1, -0.05) is 29.8 Å². The number of furan rings is 1. The van der Waals surface area contributed by atoms with E-state index in [4.69, 9.17) is 20.8 Å². The molecule has 10 heteroatoms. The summed E-state index contributed by atoms with van der Waals surface area (Å²) >= 11 is 5.74. The van der Waals surface area contributed by atoms with Crippen LogP contribution in [-0.2, 0) is 14.8 Å². The normalized spacial score (nSPS) is 11.2. The van der Waals surface area contributed by atoms with Crippen molar-refractivity contribution in [1.29, 1.82) is 0 Å². The van der Waals surface area contributed by atoms with Gasteiger partial charge < -0.3 is 14.3 Å². The van der Waals surface area contributed by atoms with Crippen LogP contribution in [0.15, 0.2) is 57.8 Å². The van der Waals surface area contributed by atoms with Crippen molar-refractivity contribution in [3.63, 3.8) is 0 Å². The van der Waals surface area contributed by atoms with E-state index in [1.165, 1.54) is 36.4 Å². The predicted octanol–water partition coefficient (Wildman–Crippen LogP) is 4.17. The third-order valence-electron chi connectivity index (χ3n) is 3.55. The molecule has 0 aliphatic heterocycles. The molecule has 0 aliphatic rings. The molecule has 146 valence electrons. The maximum atomic E-state index is 13.4. The second-order valence-electron chi connectivity index (χ2n) is 5.58.